The number of nitrogens with one attached hydrogen (secondary N) is 1. The molecule has 1 aliphatic heterocycles. The van der Waals surface area contributed by atoms with Gasteiger partial charge in [0.15, 0.2) is 0 Å². The molecular formula is C10H18ClNO. The van der Waals surface area contributed by atoms with Gasteiger partial charge in [0.2, 0.25) is 5.91 Å². The average Bonchev–Trinajstić information content (AvgIpc) is 2.16. The minimum absolute atomic E-state index is 0.0172. The van der Waals surface area contributed by atoms with E-state index in [1.54, 1.807) is 0 Å². The van der Waals surface area contributed by atoms with Crippen LogP contribution in [0.3, 0.4) is 0 Å². The van der Waals surface area contributed by atoms with Crippen molar-refractivity contribution in [2.24, 2.45) is 0 Å². The molecule has 76 valence electrons. The van der Waals surface area contributed by atoms with Gasteiger partial charge in [-0.3, -0.25) is 4.79 Å². The fourth-order valence-electron chi connectivity index (χ4n) is 1.61. The third kappa shape index (κ3) is 4.51. The minimum Gasteiger partial charge on any atom is -0.355 e. The lowest BCUT2D eigenvalue weighted by Crippen LogP contribution is -2.31. The Labute approximate surface area is 85.0 Å². The van der Waals surface area contributed by atoms with Crippen LogP contribution in [0.25, 0.3) is 0 Å². The molecule has 0 saturated carbocycles. The van der Waals surface area contributed by atoms with Crippen molar-refractivity contribution in [3.05, 3.63) is 0 Å². The number of amides is 1. The van der Waals surface area contributed by atoms with Crippen LogP contribution < -0.4 is 5.32 Å². The van der Waals surface area contributed by atoms with Crippen molar-refractivity contribution in [1.82, 2.24) is 5.32 Å². The van der Waals surface area contributed by atoms with Crippen LogP contribution in [0, 0.1) is 0 Å². The van der Waals surface area contributed by atoms with Crippen molar-refractivity contribution in [2.75, 3.05) is 6.54 Å². The molecule has 0 spiro atoms. The molecule has 1 unspecified atom stereocenters. The number of carbonyl (C=O) groups excluding carboxylic acids is 1. The molecule has 0 bridgehead atoms. The maximum absolute atomic E-state index is 11.3. The van der Waals surface area contributed by atoms with E-state index >= 15 is 0 Å². The van der Waals surface area contributed by atoms with Gasteiger partial charge in [-0.25, -0.2) is 0 Å². The van der Waals surface area contributed by atoms with Gasteiger partial charge in [-0.1, -0.05) is 32.1 Å². The molecule has 1 N–H and O–H groups in total. The summed E-state index contributed by atoms with van der Waals surface area (Å²) in [5.74, 6) is 0.0172. The van der Waals surface area contributed by atoms with E-state index in [9.17, 15) is 4.79 Å². The Balaban J connectivity index is 2.31. The average molecular weight is 204 g/mol. The van der Waals surface area contributed by atoms with Crippen molar-refractivity contribution in [3.8, 4) is 0 Å². The van der Waals surface area contributed by atoms with Crippen molar-refractivity contribution in [3.63, 3.8) is 0 Å². The Kier molecular flexibility index (Phi) is 5.21. The molecule has 1 aliphatic rings. The van der Waals surface area contributed by atoms with Gasteiger partial charge in [0, 0.05) is 6.54 Å². The summed E-state index contributed by atoms with van der Waals surface area (Å²) in [7, 11) is 0. The monoisotopic (exact) mass is 203 g/mol. The molecule has 1 saturated heterocycles. The standard InChI is InChI=1S/C10H18ClNO/c11-9-7-5-3-1-2-4-6-8-12-10(9)13/h9H,1-8H2,(H,12,13). The Morgan fingerprint density at radius 2 is 1.69 bits per heavy atom. The molecule has 0 radical (unpaired) electrons. The maximum atomic E-state index is 11.3. The predicted octanol–water partition coefficient (Wildman–Crippen LogP) is 2.45. The summed E-state index contributed by atoms with van der Waals surface area (Å²) < 4.78 is 0. The van der Waals surface area contributed by atoms with Crippen molar-refractivity contribution in [2.45, 2.75) is 50.3 Å². The molecule has 3 heteroatoms. The first-order chi connectivity index (χ1) is 6.30. The quantitative estimate of drug-likeness (QED) is 0.603. The van der Waals surface area contributed by atoms with E-state index in [-0.39, 0.29) is 11.3 Å². The van der Waals surface area contributed by atoms with Crippen LogP contribution in [0.1, 0.15) is 44.9 Å². The number of alkyl halides is 1. The molecule has 1 fully saturated rings. The minimum atomic E-state index is -0.307. The van der Waals surface area contributed by atoms with Gasteiger partial charge in [0.1, 0.15) is 5.38 Å². The molecule has 1 amide bonds. The molecule has 13 heavy (non-hydrogen) atoms. The summed E-state index contributed by atoms with van der Waals surface area (Å²) in [6.07, 6.45) is 8.04. The smallest absolute Gasteiger partial charge is 0.238 e. The van der Waals surface area contributed by atoms with Crippen LogP contribution in [0.5, 0.6) is 0 Å². The molecule has 1 rings (SSSR count). The molecular weight excluding hydrogens is 186 g/mol. The lowest BCUT2D eigenvalue weighted by Gasteiger charge is -2.08. The molecule has 0 aromatic rings. The van der Waals surface area contributed by atoms with E-state index < -0.39 is 0 Å². The van der Waals surface area contributed by atoms with Crippen molar-refractivity contribution in [1.29, 1.82) is 0 Å². The van der Waals surface area contributed by atoms with E-state index in [0.717, 1.165) is 25.8 Å². The first-order valence-corrected chi connectivity index (χ1v) is 5.66. The van der Waals surface area contributed by atoms with Gasteiger partial charge in [0.25, 0.3) is 0 Å². The van der Waals surface area contributed by atoms with Gasteiger partial charge >= 0.3 is 0 Å². The van der Waals surface area contributed by atoms with Gasteiger partial charge in [-0.05, 0) is 12.8 Å². The number of hydrogen-bond donors (Lipinski definition) is 1. The Bertz CT molecular complexity index is 161. The van der Waals surface area contributed by atoms with Crippen molar-refractivity contribution >= 4 is 17.5 Å². The first kappa shape index (κ1) is 10.8. The molecule has 1 heterocycles. The normalized spacial score (nSPS) is 27.5. The van der Waals surface area contributed by atoms with E-state index in [0.29, 0.717) is 0 Å². The molecule has 0 aromatic heterocycles. The van der Waals surface area contributed by atoms with Gasteiger partial charge in [-0.15, -0.1) is 11.6 Å². The van der Waals surface area contributed by atoms with E-state index in [1.807, 2.05) is 0 Å². The largest absolute Gasteiger partial charge is 0.355 e. The second-order valence-electron chi connectivity index (χ2n) is 3.67. The highest BCUT2D eigenvalue weighted by Crippen LogP contribution is 2.13. The Morgan fingerprint density at radius 1 is 1.08 bits per heavy atom. The highest BCUT2D eigenvalue weighted by Gasteiger charge is 2.14. The highest BCUT2D eigenvalue weighted by molar-refractivity contribution is 6.30. The highest BCUT2D eigenvalue weighted by atomic mass is 35.5. The summed E-state index contributed by atoms with van der Waals surface area (Å²) in [6, 6.07) is 0. The summed E-state index contributed by atoms with van der Waals surface area (Å²) >= 11 is 5.91. The Morgan fingerprint density at radius 3 is 2.46 bits per heavy atom. The molecule has 0 aliphatic carbocycles. The van der Waals surface area contributed by atoms with Crippen LogP contribution in [0.2, 0.25) is 0 Å². The third-order valence-corrected chi connectivity index (χ3v) is 2.88. The van der Waals surface area contributed by atoms with E-state index in [2.05, 4.69) is 5.32 Å². The predicted molar refractivity (Wildman–Crippen MR) is 55.0 cm³/mol. The second kappa shape index (κ2) is 6.25. The van der Waals surface area contributed by atoms with Crippen LogP contribution in [-0.4, -0.2) is 17.8 Å². The van der Waals surface area contributed by atoms with Crippen LogP contribution in [0.15, 0.2) is 0 Å². The SMILES string of the molecule is O=C1NCCCCCCCCC1Cl. The lowest BCUT2D eigenvalue weighted by atomic mass is 10.1. The zero-order chi connectivity index (χ0) is 9.52. The first-order valence-electron chi connectivity index (χ1n) is 5.22. The summed E-state index contributed by atoms with van der Waals surface area (Å²) in [5, 5.41) is 2.55. The molecule has 2 nitrogen and oxygen atoms in total. The van der Waals surface area contributed by atoms with E-state index in [4.69, 9.17) is 11.6 Å². The number of hydrogen-bond acceptors (Lipinski definition) is 1. The Hall–Kier alpha value is -0.240. The van der Waals surface area contributed by atoms with Gasteiger partial charge in [0.05, 0.1) is 0 Å². The fourth-order valence-corrected chi connectivity index (χ4v) is 1.84. The number of halogens is 1. The fraction of sp³-hybridized carbons (Fsp3) is 0.900. The second-order valence-corrected chi connectivity index (χ2v) is 4.20. The molecule has 1 atom stereocenters. The topological polar surface area (TPSA) is 29.1 Å². The van der Waals surface area contributed by atoms with Crippen LogP contribution >= 0.6 is 11.6 Å². The number of rotatable bonds is 0. The maximum Gasteiger partial charge on any atom is 0.238 e. The van der Waals surface area contributed by atoms with Gasteiger partial charge < -0.3 is 5.32 Å². The lowest BCUT2D eigenvalue weighted by molar-refractivity contribution is -0.120. The van der Waals surface area contributed by atoms with E-state index in [1.165, 1.54) is 25.7 Å². The zero-order valence-corrected chi connectivity index (χ0v) is 8.78. The number of carbonyl (C=O) groups is 1. The van der Waals surface area contributed by atoms with Crippen LogP contribution in [0.4, 0.5) is 0 Å². The summed E-state index contributed by atoms with van der Waals surface area (Å²) in [5.41, 5.74) is 0. The zero-order valence-electron chi connectivity index (χ0n) is 8.02. The van der Waals surface area contributed by atoms with Crippen molar-refractivity contribution < 1.29 is 4.79 Å². The summed E-state index contributed by atoms with van der Waals surface area (Å²) in [6.45, 7) is 0.794. The molecule has 0 aromatic carbocycles. The third-order valence-electron chi connectivity index (χ3n) is 2.47. The van der Waals surface area contributed by atoms with Crippen LogP contribution in [-0.2, 0) is 4.79 Å². The summed E-state index contributed by atoms with van der Waals surface area (Å²) in [4.78, 5) is 11.3. The van der Waals surface area contributed by atoms with Gasteiger partial charge in [-0.2, -0.15) is 0 Å².